The van der Waals surface area contributed by atoms with Gasteiger partial charge in [-0.2, -0.15) is 0 Å². The van der Waals surface area contributed by atoms with E-state index in [0.717, 1.165) is 16.7 Å². The molecule has 0 saturated carbocycles. The fourth-order valence-corrected chi connectivity index (χ4v) is 4.56. The summed E-state index contributed by atoms with van der Waals surface area (Å²) in [6.07, 6.45) is 5.25. The minimum Gasteiger partial charge on any atom is -0.437 e. The molecule has 1 atom stereocenters. The summed E-state index contributed by atoms with van der Waals surface area (Å²) in [7, 11) is 3.63. The van der Waals surface area contributed by atoms with Crippen molar-refractivity contribution < 1.29 is 13.9 Å². The maximum absolute atomic E-state index is 16.4. The molecule has 1 aromatic heterocycles. The largest absolute Gasteiger partial charge is 0.437 e. The maximum atomic E-state index is 16.4. The van der Waals surface area contributed by atoms with E-state index in [-0.39, 0.29) is 30.0 Å². The first-order valence-corrected chi connectivity index (χ1v) is 12.7. The lowest BCUT2D eigenvalue weighted by Crippen LogP contribution is -2.46. The van der Waals surface area contributed by atoms with Crippen molar-refractivity contribution in [1.82, 2.24) is 15.2 Å². The maximum Gasteiger partial charge on any atom is 0.323 e. The number of pyridine rings is 1. The van der Waals surface area contributed by atoms with Crippen LogP contribution in [0.4, 0.5) is 14.9 Å². The smallest absolute Gasteiger partial charge is 0.323 e. The van der Waals surface area contributed by atoms with Crippen molar-refractivity contribution in [2.75, 3.05) is 26.0 Å². The van der Waals surface area contributed by atoms with Crippen LogP contribution < -0.4 is 15.4 Å². The van der Waals surface area contributed by atoms with Gasteiger partial charge in [0.1, 0.15) is 11.4 Å². The highest BCUT2D eigenvalue weighted by molar-refractivity contribution is 5.92. The monoisotopic (exact) mass is 514 g/mol. The topological polar surface area (TPSA) is 66.5 Å². The van der Waals surface area contributed by atoms with Crippen LogP contribution >= 0.6 is 0 Å². The van der Waals surface area contributed by atoms with Gasteiger partial charge in [-0.25, -0.2) is 14.2 Å². The lowest BCUT2D eigenvalue weighted by molar-refractivity contribution is 0.152. The van der Waals surface area contributed by atoms with Crippen molar-refractivity contribution in [2.45, 2.75) is 38.3 Å². The lowest BCUT2D eigenvalue weighted by atomic mass is 9.84. The summed E-state index contributed by atoms with van der Waals surface area (Å²) in [4.78, 5) is 19.2. The second kappa shape index (κ2) is 11.2. The van der Waals surface area contributed by atoms with Crippen molar-refractivity contribution in [3.8, 4) is 11.6 Å². The standard InChI is InChI=1S/C31H35FN4O2/c1-30(2,3)24-14-9-10-16-26(24)38-28-25(15-11-19-33-28)34-29(37)35-27-18-17-23(22-12-7-6-8-13-22)20-31(27,32)21-36(4)5/h6-19H,20-21H2,1-5H3,(H2,34,35,37). The van der Waals surface area contributed by atoms with Crippen LogP contribution in [0.25, 0.3) is 5.57 Å². The SMILES string of the molecule is CN(C)CC1(F)CC(c2ccccc2)=CC=C1NC(=O)Nc1cccnc1Oc1ccccc1C(C)(C)C. The third kappa shape index (κ3) is 6.47. The van der Waals surface area contributed by atoms with E-state index in [2.05, 4.69) is 36.4 Å². The summed E-state index contributed by atoms with van der Waals surface area (Å²) in [6.45, 7) is 6.43. The number of nitrogens with zero attached hydrogens (tertiary/aromatic N) is 2. The number of hydrogen-bond donors (Lipinski definition) is 2. The number of ether oxygens (including phenoxy) is 1. The molecule has 1 aliphatic rings. The zero-order chi connectivity index (χ0) is 27.3. The van der Waals surface area contributed by atoms with Crippen LogP contribution in [0.2, 0.25) is 0 Å². The Hall–Kier alpha value is -3.97. The van der Waals surface area contributed by atoms with E-state index in [1.165, 1.54) is 0 Å². The van der Waals surface area contributed by atoms with E-state index in [1.54, 1.807) is 29.3 Å². The van der Waals surface area contributed by atoms with Crippen LogP contribution in [0.15, 0.2) is 90.8 Å². The molecule has 0 saturated heterocycles. The van der Waals surface area contributed by atoms with E-state index in [1.807, 2.05) is 74.8 Å². The highest BCUT2D eigenvalue weighted by Crippen LogP contribution is 2.38. The van der Waals surface area contributed by atoms with E-state index in [9.17, 15) is 4.79 Å². The number of aromatic nitrogens is 1. The second-order valence-electron chi connectivity index (χ2n) is 10.8. The molecule has 2 N–H and O–H groups in total. The Kier molecular flexibility index (Phi) is 7.97. The van der Waals surface area contributed by atoms with Crippen molar-refractivity contribution in [2.24, 2.45) is 0 Å². The predicted molar refractivity (Wildman–Crippen MR) is 151 cm³/mol. The van der Waals surface area contributed by atoms with Gasteiger partial charge in [-0.15, -0.1) is 0 Å². The van der Waals surface area contributed by atoms with Gasteiger partial charge < -0.3 is 20.3 Å². The number of para-hydroxylation sites is 1. The molecule has 0 bridgehead atoms. The Morgan fingerprint density at radius 3 is 2.42 bits per heavy atom. The molecule has 2 aromatic carbocycles. The van der Waals surface area contributed by atoms with Gasteiger partial charge in [0.2, 0.25) is 5.88 Å². The van der Waals surface area contributed by atoms with E-state index < -0.39 is 11.7 Å². The molecule has 3 aromatic rings. The molecule has 198 valence electrons. The molecule has 38 heavy (non-hydrogen) atoms. The van der Waals surface area contributed by atoms with E-state index in [4.69, 9.17) is 4.74 Å². The van der Waals surface area contributed by atoms with Crippen molar-refractivity contribution in [3.05, 3.63) is 102 Å². The lowest BCUT2D eigenvalue weighted by Gasteiger charge is -2.34. The molecule has 0 fully saturated rings. The van der Waals surface area contributed by atoms with Gasteiger partial charge in [0.25, 0.3) is 0 Å². The summed E-state index contributed by atoms with van der Waals surface area (Å²) >= 11 is 0. The Bertz CT molecular complexity index is 1350. The minimum atomic E-state index is -1.78. The van der Waals surface area contributed by atoms with Gasteiger partial charge in [-0.05, 0) is 54.9 Å². The Balaban J connectivity index is 1.56. The summed E-state index contributed by atoms with van der Waals surface area (Å²) < 4.78 is 22.6. The molecule has 6 nitrogen and oxygen atoms in total. The first-order chi connectivity index (χ1) is 18.0. The molecular weight excluding hydrogens is 479 g/mol. The van der Waals surface area contributed by atoms with Crippen LogP contribution in [0.1, 0.15) is 38.3 Å². The second-order valence-corrected chi connectivity index (χ2v) is 10.8. The summed E-state index contributed by atoms with van der Waals surface area (Å²) in [6, 6.07) is 20.3. The molecule has 1 heterocycles. The molecule has 4 rings (SSSR count). The van der Waals surface area contributed by atoms with Gasteiger partial charge in [0.05, 0.1) is 5.70 Å². The van der Waals surface area contributed by atoms with Crippen LogP contribution in [0.3, 0.4) is 0 Å². The minimum absolute atomic E-state index is 0.119. The molecule has 0 spiro atoms. The van der Waals surface area contributed by atoms with Gasteiger partial charge in [-0.3, -0.25) is 0 Å². The number of halogens is 1. The van der Waals surface area contributed by atoms with Gasteiger partial charge in [0, 0.05) is 24.7 Å². The van der Waals surface area contributed by atoms with Crippen LogP contribution in [0, 0.1) is 0 Å². The summed E-state index contributed by atoms with van der Waals surface area (Å²) in [5.74, 6) is 0.910. The first kappa shape index (κ1) is 27.1. The van der Waals surface area contributed by atoms with Crippen LogP contribution in [-0.4, -0.2) is 42.2 Å². The number of rotatable bonds is 7. The zero-order valence-corrected chi connectivity index (χ0v) is 22.6. The fourth-order valence-electron chi connectivity index (χ4n) is 4.56. The van der Waals surface area contributed by atoms with Crippen molar-refractivity contribution in [1.29, 1.82) is 0 Å². The van der Waals surface area contributed by atoms with Gasteiger partial charge in [-0.1, -0.05) is 75.4 Å². The number of allylic oxidation sites excluding steroid dienone is 3. The quantitative estimate of drug-likeness (QED) is 0.359. The van der Waals surface area contributed by atoms with E-state index in [0.29, 0.717) is 11.4 Å². The van der Waals surface area contributed by atoms with Crippen molar-refractivity contribution >= 4 is 17.3 Å². The van der Waals surface area contributed by atoms with Crippen LogP contribution in [-0.2, 0) is 5.41 Å². The summed E-state index contributed by atoms with van der Waals surface area (Å²) in [5.41, 5.74) is 1.51. The number of benzene rings is 2. The third-order valence-electron chi connectivity index (χ3n) is 6.29. The fraction of sp³-hybridized carbons (Fsp3) is 0.290. The first-order valence-electron chi connectivity index (χ1n) is 12.7. The van der Waals surface area contributed by atoms with E-state index >= 15 is 4.39 Å². The average Bonchev–Trinajstić information content (AvgIpc) is 2.86. The molecule has 1 unspecified atom stereocenters. The molecular formula is C31H35FN4O2. The predicted octanol–water partition coefficient (Wildman–Crippen LogP) is 6.93. The number of alkyl halides is 1. The number of nitrogens with one attached hydrogen (secondary N) is 2. The van der Waals surface area contributed by atoms with Crippen LogP contribution in [0.5, 0.6) is 11.6 Å². The highest BCUT2D eigenvalue weighted by atomic mass is 19.1. The normalized spacial score (nSPS) is 17.4. The average molecular weight is 515 g/mol. The number of amides is 2. The third-order valence-corrected chi connectivity index (χ3v) is 6.29. The molecule has 2 amide bonds. The van der Waals surface area contributed by atoms with Gasteiger partial charge >= 0.3 is 6.03 Å². The number of anilines is 1. The molecule has 1 aliphatic carbocycles. The molecule has 7 heteroatoms. The highest BCUT2D eigenvalue weighted by Gasteiger charge is 2.39. The Labute approximate surface area is 224 Å². The number of hydrogen-bond acceptors (Lipinski definition) is 4. The Morgan fingerprint density at radius 2 is 1.71 bits per heavy atom. The van der Waals surface area contributed by atoms with Gasteiger partial charge in [0.15, 0.2) is 5.67 Å². The van der Waals surface area contributed by atoms with Crippen molar-refractivity contribution in [3.63, 3.8) is 0 Å². The zero-order valence-electron chi connectivity index (χ0n) is 22.6. The molecule has 0 radical (unpaired) electrons. The number of urea groups is 1. The summed E-state index contributed by atoms with van der Waals surface area (Å²) in [5, 5.41) is 5.53. The number of carbonyl (C=O) groups is 1. The number of carbonyl (C=O) groups excluding carboxylic acids is 1. The Morgan fingerprint density at radius 1 is 1.00 bits per heavy atom. The molecule has 0 aliphatic heterocycles.